The number of rotatable bonds is 3. The second-order valence-corrected chi connectivity index (χ2v) is 6.78. The molecule has 1 heterocycles. The molecular formula is C12H15F2NO2S. The summed E-state index contributed by atoms with van der Waals surface area (Å²) in [7, 11) is -2.98. The summed E-state index contributed by atoms with van der Waals surface area (Å²) in [5.74, 6) is -1.46. The molecule has 0 amide bonds. The largest absolute Gasteiger partial charge is 0.309 e. The molecule has 1 saturated heterocycles. The standard InChI is InChI=1S/C12H15F2NO2S/c13-11-5-1-3-9(12(11)14)7-15-10-4-2-6-18(16,17)8-10/h1,3,5,10,15H,2,4,6-8H2. The fourth-order valence-corrected chi connectivity index (χ4v) is 3.79. The molecule has 3 nitrogen and oxygen atoms in total. The van der Waals surface area contributed by atoms with E-state index in [0.29, 0.717) is 6.42 Å². The summed E-state index contributed by atoms with van der Waals surface area (Å²) >= 11 is 0. The minimum Gasteiger partial charge on any atom is -0.309 e. The van der Waals surface area contributed by atoms with E-state index in [0.717, 1.165) is 12.5 Å². The number of hydrogen-bond donors (Lipinski definition) is 1. The molecule has 0 saturated carbocycles. The van der Waals surface area contributed by atoms with Gasteiger partial charge in [0.05, 0.1) is 11.5 Å². The number of halogens is 2. The van der Waals surface area contributed by atoms with Gasteiger partial charge in [-0.2, -0.15) is 0 Å². The Bertz CT molecular complexity index is 531. The Hall–Kier alpha value is -1.01. The van der Waals surface area contributed by atoms with Crippen molar-refractivity contribution < 1.29 is 17.2 Å². The zero-order valence-electron chi connectivity index (χ0n) is 9.83. The van der Waals surface area contributed by atoms with Crippen LogP contribution in [-0.4, -0.2) is 26.0 Å². The van der Waals surface area contributed by atoms with Crippen LogP contribution >= 0.6 is 0 Å². The first-order chi connectivity index (χ1) is 8.48. The molecule has 6 heteroatoms. The van der Waals surface area contributed by atoms with E-state index in [9.17, 15) is 17.2 Å². The second-order valence-electron chi connectivity index (χ2n) is 4.55. The van der Waals surface area contributed by atoms with E-state index in [1.165, 1.54) is 12.1 Å². The third kappa shape index (κ3) is 3.26. The summed E-state index contributed by atoms with van der Waals surface area (Å²) in [5, 5.41) is 2.98. The summed E-state index contributed by atoms with van der Waals surface area (Å²) in [4.78, 5) is 0. The molecule has 0 bridgehead atoms. The number of sulfone groups is 1. The summed E-state index contributed by atoms with van der Waals surface area (Å²) in [5.41, 5.74) is 0.220. The first kappa shape index (κ1) is 13.4. The first-order valence-corrected chi connectivity index (χ1v) is 7.67. The number of benzene rings is 1. The van der Waals surface area contributed by atoms with E-state index >= 15 is 0 Å². The van der Waals surface area contributed by atoms with Gasteiger partial charge in [-0.05, 0) is 18.9 Å². The third-order valence-corrected chi connectivity index (χ3v) is 4.90. The molecule has 1 fully saturated rings. The van der Waals surface area contributed by atoms with Crippen molar-refractivity contribution >= 4 is 9.84 Å². The van der Waals surface area contributed by atoms with Crippen molar-refractivity contribution in [2.45, 2.75) is 25.4 Å². The molecule has 0 spiro atoms. The highest BCUT2D eigenvalue weighted by atomic mass is 32.2. The highest BCUT2D eigenvalue weighted by molar-refractivity contribution is 7.91. The van der Waals surface area contributed by atoms with Gasteiger partial charge in [-0.3, -0.25) is 0 Å². The van der Waals surface area contributed by atoms with Crippen LogP contribution in [0.1, 0.15) is 18.4 Å². The Labute approximate surface area is 105 Å². The minimum atomic E-state index is -2.98. The molecule has 2 rings (SSSR count). The molecule has 100 valence electrons. The quantitative estimate of drug-likeness (QED) is 0.912. The maximum absolute atomic E-state index is 13.4. The van der Waals surface area contributed by atoms with Crippen LogP contribution in [0.5, 0.6) is 0 Å². The zero-order valence-corrected chi connectivity index (χ0v) is 10.6. The molecule has 18 heavy (non-hydrogen) atoms. The smallest absolute Gasteiger partial charge is 0.163 e. The molecule has 1 atom stereocenters. The van der Waals surface area contributed by atoms with Crippen molar-refractivity contribution in [1.29, 1.82) is 0 Å². The lowest BCUT2D eigenvalue weighted by Gasteiger charge is -2.23. The predicted molar refractivity (Wildman–Crippen MR) is 64.9 cm³/mol. The van der Waals surface area contributed by atoms with Gasteiger partial charge in [0.1, 0.15) is 0 Å². The summed E-state index contributed by atoms with van der Waals surface area (Å²) in [6.45, 7) is 0.143. The summed E-state index contributed by atoms with van der Waals surface area (Å²) in [6, 6.07) is 3.81. The molecule has 1 aliphatic heterocycles. The Morgan fingerprint density at radius 1 is 1.33 bits per heavy atom. The third-order valence-electron chi connectivity index (χ3n) is 3.08. The predicted octanol–water partition coefficient (Wildman–Crippen LogP) is 1.63. The van der Waals surface area contributed by atoms with Crippen molar-refractivity contribution in [3.05, 3.63) is 35.4 Å². The van der Waals surface area contributed by atoms with Crippen molar-refractivity contribution in [2.75, 3.05) is 11.5 Å². The summed E-state index contributed by atoms with van der Waals surface area (Å²) < 4.78 is 49.2. The minimum absolute atomic E-state index is 0.0733. The lowest BCUT2D eigenvalue weighted by Crippen LogP contribution is -2.39. The highest BCUT2D eigenvalue weighted by Gasteiger charge is 2.24. The maximum atomic E-state index is 13.4. The Kier molecular flexibility index (Phi) is 3.97. The molecule has 1 aromatic rings. The molecule has 1 unspecified atom stereocenters. The molecule has 0 aliphatic carbocycles. The average Bonchev–Trinajstić information content (AvgIpc) is 2.30. The van der Waals surface area contributed by atoms with E-state index < -0.39 is 21.5 Å². The Balaban J connectivity index is 1.97. The van der Waals surface area contributed by atoms with E-state index in [1.54, 1.807) is 0 Å². The molecule has 0 radical (unpaired) electrons. The van der Waals surface area contributed by atoms with Crippen molar-refractivity contribution in [2.24, 2.45) is 0 Å². The van der Waals surface area contributed by atoms with Crippen LogP contribution in [-0.2, 0) is 16.4 Å². The van der Waals surface area contributed by atoms with Gasteiger partial charge < -0.3 is 5.32 Å². The number of nitrogens with one attached hydrogen (secondary N) is 1. The van der Waals surface area contributed by atoms with E-state index in [1.807, 2.05) is 0 Å². The molecular weight excluding hydrogens is 260 g/mol. The highest BCUT2D eigenvalue weighted by Crippen LogP contribution is 2.15. The average molecular weight is 275 g/mol. The second kappa shape index (κ2) is 5.32. The van der Waals surface area contributed by atoms with Crippen LogP contribution in [0.15, 0.2) is 18.2 Å². The topological polar surface area (TPSA) is 46.2 Å². The van der Waals surface area contributed by atoms with Gasteiger partial charge in [0.2, 0.25) is 0 Å². The molecule has 1 N–H and O–H groups in total. The van der Waals surface area contributed by atoms with Crippen LogP contribution < -0.4 is 5.32 Å². The zero-order chi connectivity index (χ0) is 13.2. The lowest BCUT2D eigenvalue weighted by molar-refractivity contribution is 0.459. The van der Waals surface area contributed by atoms with Gasteiger partial charge in [-0.1, -0.05) is 12.1 Å². The monoisotopic (exact) mass is 275 g/mol. The van der Waals surface area contributed by atoms with Crippen molar-refractivity contribution in [3.63, 3.8) is 0 Å². The maximum Gasteiger partial charge on any atom is 0.163 e. The van der Waals surface area contributed by atoms with Crippen LogP contribution in [0.4, 0.5) is 8.78 Å². The molecule has 1 aliphatic rings. The fourth-order valence-electron chi connectivity index (χ4n) is 2.12. The van der Waals surface area contributed by atoms with Gasteiger partial charge in [0.15, 0.2) is 21.5 Å². The normalized spacial score (nSPS) is 22.9. The van der Waals surface area contributed by atoms with Crippen molar-refractivity contribution in [1.82, 2.24) is 5.32 Å². The van der Waals surface area contributed by atoms with Crippen LogP contribution in [0, 0.1) is 11.6 Å². The van der Waals surface area contributed by atoms with Crippen molar-refractivity contribution in [3.8, 4) is 0 Å². The van der Waals surface area contributed by atoms with Crippen LogP contribution in [0.25, 0.3) is 0 Å². The van der Waals surface area contributed by atoms with Crippen LogP contribution in [0.2, 0.25) is 0 Å². The summed E-state index contributed by atoms with van der Waals surface area (Å²) in [6.07, 6.45) is 1.36. The molecule has 0 aromatic heterocycles. The molecule has 1 aromatic carbocycles. The van der Waals surface area contributed by atoms with Gasteiger partial charge in [-0.15, -0.1) is 0 Å². The van der Waals surface area contributed by atoms with Crippen LogP contribution in [0.3, 0.4) is 0 Å². The van der Waals surface area contributed by atoms with Gasteiger partial charge >= 0.3 is 0 Å². The van der Waals surface area contributed by atoms with Gasteiger partial charge in [-0.25, -0.2) is 17.2 Å². The lowest BCUT2D eigenvalue weighted by atomic mass is 10.1. The van der Waals surface area contributed by atoms with E-state index in [2.05, 4.69) is 5.32 Å². The van der Waals surface area contributed by atoms with E-state index in [4.69, 9.17) is 0 Å². The van der Waals surface area contributed by atoms with Gasteiger partial charge in [0, 0.05) is 18.2 Å². The SMILES string of the molecule is O=S1(=O)CCCC(NCc2cccc(F)c2F)C1. The van der Waals surface area contributed by atoms with Gasteiger partial charge in [0.25, 0.3) is 0 Å². The fraction of sp³-hybridized carbons (Fsp3) is 0.500. The Morgan fingerprint density at radius 3 is 2.83 bits per heavy atom. The Morgan fingerprint density at radius 2 is 2.11 bits per heavy atom. The van der Waals surface area contributed by atoms with E-state index in [-0.39, 0.29) is 29.7 Å². The number of hydrogen-bond acceptors (Lipinski definition) is 3. The first-order valence-electron chi connectivity index (χ1n) is 5.84.